The third kappa shape index (κ3) is 3.76. The molecule has 0 saturated carbocycles. The summed E-state index contributed by atoms with van der Waals surface area (Å²) in [5.41, 5.74) is 3.96. The van der Waals surface area contributed by atoms with E-state index < -0.39 is 0 Å². The van der Waals surface area contributed by atoms with Gasteiger partial charge in [0.15, 0.2) is 0 Å². The number of anilines is 1. The molecule has 0 atom stereocenters. The molecule has 2 rings (SSSR count). The number of carbonyl (C=O) groups excluding carboxylic acids is 1. The standard InChI is InChI=1S/C14H16ClN3O/c1-9-7-11(10(2)17-9)8-16-14(19)18-13-5-3-12(15)4-6-13/h3-7,17H,8H2,1-2H3,(H2,16,18,19). The summed E-state index contributed by atoms with van der Waals surface area (Å²) in [5.74, 6) is 0. The zero-order valence-electron chi connectivity index (χ0n) is 10.9. The summed E-state index contributed by atoms with van der Waals surface area (Å²) in [4.78, 5) is 14.9. The van der Waals surface area contributed by atoms with Crippen LogP contribution in [0.25, 0.3) is 0 Å². The van der Waals surface area contributed by atoms with Gasteiger partial charge in [-0.25, -0.2) is 4.79 Å². The predicted molar refractivity (Wildman–Crippen MR) is 77.6 cm³/mol. The van der Waals surface area contributed by atoms with Gasteiger partial charge in [-0.3, -0.25) is 0 Å². The molecular formula is C14H16ClN3O. The summed E-state index contributed by atoms with van der Waals surface area (Å²) < 4.78 is 0. The van der Waals surface area contributed by atoms with Crippen LogP contribution in [0.1, 0.15) is 17.0 Å². The van der Waals surface area contributed by atoms with Gasteiger partial charge in [-0.1, -0.05) is 11.6 Å². The van der Waals surface area contributed by atoms with Crippen molar-refractivity contribution in [2.75, 3.05) is 5.32 Å². The number of nitrogens with one attached hydrogen (secondary N) is 3. The van der Waals surface area contributed by atoms with Crippen LogP contribution in [0.2, 0.25) is 5.02 Å². The summed E-state index contributed by atoms with van der Waals surface area (Å²) >= 11 is 5.78. The fraction of sp³-hybridized carbons (Fsp3) is 0.214. The number of benzene rings is 1. The number of aromatic nitrogens is 1. The van der Waals surface area contributed by atoms with Crippen molar-refractivity contribution in [2.24, 2.45) is 0 Å². The lowest BCUT2D eigenvalue weighted by molar-refractivity contribution is 0.251. The van der Waals surface area contributed by atoms with Crippen molar-refractivity contribution in [2.45, 2.75) is 20.4 Å². The molecule has 0 spiro atoms. The smallest absolute Gasteiger partial charge is 0.319 e. The average molecular weight is 278 g/mol. The molecule has 2 aromatic rings. The molecule has 0 radical (unpaired) electrons. The Morgan fingerprint density at radius 1 is 1.26 bits per heavy atom. The highest BCUT2D eigenvalue weighted by molar-refractivity contribution is 6.30. The second-order valence-corrected chi connectivity index (χ2v) is 4.85. The molecule has 0 bridgehead atoms. The van der Waals surface area contributed by atoms with E-state index >= 15 is 0 Å². The van der Waals surface area contributed by atoms with Gasteiger partial charge in [0.05, 0.1) is 0 Å². The van der Waals surface area contributed by atoms with Gasteiger partial charge in [-0.2, -0.15) is 0 Å². The minimum absolute atomic E-state index is 0.236. The lowest BCUT2D eigenvalue weighted by Gasteiger charge is -2.07. The first-order valence-corrected chi connectivity index (χ1v) is 6.38. The highest BCUT2D eigenvalue weighted by Crippen LogP contribution is 2.13. The number of urea groups is 1. The molecule has 0 aliphatic carbocycles. The van der Waals surface area contributed by atoms with Gasteiger partial charge in [-0.15, -0.1) is 0 Å². The van der Waals surface area contributed by atoms with Crippen LogP contribution in [-0.4, -0.2) is 11.0 Å². The van der Waals surface area contributed by atoms with E-state index in [0.717, 1.165) is 17.0 Å². The summed E-state index contributed by atoms with van der Waals surface area (Å²) in [6, 6.07) is 8.77. The molecule has 0 unspecified atom stereocenters. The molecule has 0 aliphatic heterocycles. The van der Waals surface area contributed by atoms with Crippen LogP contribution in [0.15, 0.2) is 30.3 Å². The maximum atomic E-state index is 11.7. The van der Waals surface area contributed by atoms with Crippen LogP contribution in [0.5, 0.6) is 0 Å². The Kier molecular flexibility index (Phi) is 4.12. The van der Waals surface area contributed by atoms with Gasteiger partial charge in [0.1, 0.15) is 0 Å². The summed E-state index contributed by atoms with van der Waals surface area (Å²) in [7, 11) is 0. The van der Waals surface area contributed by atoms with E-state index in [0.29, 0.717) is 17.3 Å². The SMILES string of the molecule is Cc1cc(CNC(=O)Nc2ccc(Cl)cc2)c(C)[nH]1. The van der Waals surface area contributed by atoms with Crippen molar-refractivity contribution < 1.29 is 4.79 Å². The fourth-order valence-electron chi connectivity index (χ4n) is 1.85. The Balaban J connectivity index is 1.88. The van der Waals surface area contributed by atoms with Crippen LogP contribution in [-0.2, 0) is 6.54 Å². The molecule has 3 N–H and O–H groups in total. The third-order valence-electron chi connectivity index (χ3n) is 2.80. The Morgan fingerprint density at radius 3 is 2.53 bits per heavy atom. The van der Waals surface area contributed by atoms with Gasteiger partial charge in [-0.05, 0) is 49.7 Å². The van der Waals surface area contributed by atoms with Crippen LogP contribution in [0.4, 0.5) is 10.5 Å². The second kappa shape index (κ2) is 5.80. The van der Waals surface area contributed by atoms with Gasteiger partial charge >= 0.3 is 6.03 Å². The highest BCUT2D eigenvalue weighted by atomic mass is 35.5. The average Bonchev–Trinajstić information content (AvgIpc) is 2.68. The van der Waals surface area contributed by atoms with Crippen LogP contribution in [0, 0.1) is 13.8 Å². The number of hydrogen-bond donors (Lipinski definition) is 3. The molecule has 0 aliphatic rings. The second-order valence-electron chi connectivity index (χ2n) is 4.42. The number of H-pyrrole nitrogens is 1. The molecule has 1 aromatic heterocycles. The molecule has 1 aromatic carbocycles. The first kappa shape index (κ1) is 13.5. The Hall–Kier alpha value is -1.94. The number of halogens is 1. The van der Waals surface area contributed by atoms with Crippen LogP contribution < -0.4 is 10.6 Å². The lowest BCUT2D eigenvalue weighted by atomic mass is 10.2. The highest BCUT2D eigenvalue weighted by Gasteiger charge is 2.05. The zero-order valence-corrected chi connectivity index (χ0v) is 11.6. The summed E-state index contributed by atoms with van der Waals surface area (Å²) in [6.45, 7) is 4.47. The van der Waals surface area contributed by atoms with E-state index in [1.165, 1.54) is 0 Å². The Morgan fingerprint density at radius 2 is 1.95 bits per heavy atom. The molecule has 2 amide bonds. The predicted octanol–water partition coefficient (Wildman–Crippen LogP) is 3.61. The molecule has 0 saturated heterocycles. The first-order valence-electron chi connectivity index (χ1n) is 6.00. The molecular weight excluding hydrogens is 262 g/mol. The molecule has 100 valence electrons. The normalized spacial score (nSPS) is 10.3. The Labute approximate surface area is 117 Å². The van der Waals surface area contributed by atoms with Crippen molar-refractivity contribution >= 4 is 23.3 Å². The van der Waals surface area contributed by atoms with E-state index in [-0.39, 0.29) is 6.03 Å². The van der Waals surface area contributed by atoms with E-state index in [4.69, 9.17) is 11.6 Å². The van der Waals surface area contributed by atoms with Crippen LogP contribution >= 0.6 is 11.6 Å². The van der Waals surface area contributed by atoms with Gasteiger partial charge in [0, 0.05) is 28.6 Å². The maximum absolute atomic E-state index is 11.7. The number of hydrogen-bond acceptors (Lipinski definition) is 1. The van der Waals surface area contributed by atoms with Crippen molar-refractivity contribution in [3.63, 3.8) is 0 Å². The van der Waals surface area contributed by atoms with Gasteiger partial charge < -0.3 is 15.6 Å². The number of aromatic amines is 1. The minimum Gasteiger partial charge on any atom is -0.362 e. The Bertz CT molecular complexity index is 575. The molecule has 19 heavy (non-hydrogen) atoms. The van der Waals surface area contributed by atoms with Crippen molar-refractivity contribution in [3.8, 4) is 0 Å². The number of rotatable bonds is 3. The third-order valence-corrected chi connectivity index (χ3v) is 3.05. The van der Waals surface area contributed by atoms with E-state index in [2.05, 4.69) is 15.6 Å². The fourth-order valence-corrected chi connectivity index (χ4v) is 1.98. The minimum atomic E-state index is -0.236. The summed E-state index contributed by atoms with van der Waals surface area (Å²) in [6.07, 6.45) is 0. The molecule has 1 heterocycles. The molecule has 4 nitrogen and oxygen atoms in total. The number of carbonyl (C=O) groups is 1. The quantitative estimate of drug-likeness (QED) is 0.789. The van der Waals surface area contributed by atoms with Gasteiger partial charge in [0.25, 0.3) is 0 Å². The topological polar surface area (TPSA) is 56.9 Å². The van der Waals surface area contributed by atoms with E-state index in [9.17, 15) is 4.79 Å². The van der Waals surface area contributed by atoms with Crippen molar-refractivity contribution in [1.82, 2.24) is 10.3 Å². The summed E-state index contributed by atoms with van der Waals surface area (Å²) in [5, 5.41) is 6.20. The zero-order chi connectivity index (χ0) is 13.8. The molecule has 0 fully saturated rings. The first-order chi connectivity index (χ1) is 9.04. The molecule has 5 heteroatoms. The monoisotopic (exact) mass is 277 g/mol. The van der Waals surface area contributed by atoms with Crippen molar-refractivity contribution in [1.29, 1.82) is 0 Å². The number of amides is 2. The maximum Gasteiger partial charge on any atom is 0.319 e. The van der Waals surface area contributed by atoms with E-state index in [1.807, 2.05) is 19.9 Å². The van der Waals surface area contributed by atoms with Crippen LogP contribution in [0.3, 0.4) is 0 Å². The number of aryl methyl sites for hydroxylation is 2. The van der Waals surface area contributed by atoms with E-state index in [1.54, 1.807) is 24.3 Å². The van der Waals surface area contributed by atoms with Gasteiger partial charge in [0.2, 0.25) is 0 Å². The lowest BCUT2D eigenvalue weighted by Crippen LogP contribution is -2.28. The largest absolute Gasteiger partial charge is 0.362 e. The van der Waals surface area contributed by atoms with Crippen molar-refractivity contribution in [3.05, 3.63) is 52.3 Å².